The Hall–Kier alpha value is -2.35. The molecule has 0 aromatic carbocycles. The zero-order valence-electron chi connectivity index (χ0n) is 12.3. The maximum atomic E-state index is 9.07. The van der Waals surface area contributed by atoms with Crippen molar-refractivity contribution in [2.24, 2.45) is 0 Å². The zero-order valence-corrected chi connectivity index (χ0v) is 12.3. The second kappa shape index (κ2) is 5.57. The second-order valence-corrected chi connectivity index (χ2v) is 5.65. The van der Waals surface area contributed by atoms with E-state index in [1.165, 1.54) is 19.3 Å². The third-order valence-electron chi connectivity index (χ3n) is 3.60. The normalized spacial score (nSPS) is 14.8. The van der Waals surface area contributed by atoms with E-state index in [0.717, 1.165) is 16.6 Å². The minimum Gasteiger partial charge on any atom is -0.474 e. The van der Waals surface area contributed by atoms with Gasteiger partial charge in [-0.25, -0.2) is 9.97 Å². The van der Waals surface area contributed by atoms with E-state index in [2.05, 4.69) is 21.4 Å². The summed E-state index contributed by atoms with van der Waals surface area (Å²) in [5.74, 6) is 1.34. The van der Waals surface area contributed by atoms with Crippen molar-refractivity contribution >= 4 is 16.6 Å². The van der Waals surface area contributed by atoms with Crippen LogP contribution in [0, 0.1) is 11.3 Å². The lowest BCUT2D eigenvalue weighted by Crippen LogP contribution is -2.27. The topological polar surface area (TPSA) is 70.8 Å². The van der Waals surface area contributed by atoms with Crippen LogP contribution < -0.4 is 10.1 Å². The molecule has 2 aromatic rings. The number of fused-ring (bicyclic) bond motifs is 1. The Bertz CT molecular complexity index is 701. The number of ether oxygens (including phenoxy) is 1. The average molecular weight is 282 g/mol. The SMILES string of the molecule is CC(C)Oc1nc(C#N)cc2cnc(NC3CCC3)cc12. The van der Waals surface area contributed by atoms with E-state index in [-0.39, 0.29) is 6.10 Å². The lowest BCUT2D eigenvalue weighted by Gasteiger charge is -2.27. The highest BCUT2D eigenvalue weighted by molar-refractivity contribution is 5.89. The molecule has 5 heteroatoms. The summed E-state index contributed by atoms with van der Waals surface area (Å²) < 4.78 is 5.75. The van der Waals surface area contributed by atoms with Crippen LogP contribution in [0.1, 0.15) is 38.8 Å². The van der Waals surface area contributed by atoms with Crippen LogP contribution in [-0.2, 0) is 0 Å². The quantitative estimate of drug-likeness (QED) is 0.932. The predicted molar refractivity (Wildman–Crippen MR) is 81.3 cm³/mol. The van der Waals surface area contributed by atoms with Crippen LogP contribution >= 0.6 is 0 Å². The van der Waals surface area contributed by atoms with Gasteiger partial charge in [-0.05, 0) is 45.2 Å². The molecule has 3 rings (SSSR count). The Morgan fingerprint density at radius 1 is 1.38 bits per heavy atom. The minimum absolute atomic E-state index is 0.00542. The highest BCUT2D eigenvalue weighted by atomic mass is 16.5. The van der Waals surface area contributed by atoms with Gasteiger partial charge in [-0.1, -0.05) is 0 Å². The maximum absolute atomic E-state index is 9.07. The van der Waals surface area contributed by atoms with Crippen molar-refractivity contribution in [2.45, 2.75) is 45.3 Å². The number of nitrogens with one attached hydrogen (secondary N) is 1. The Morgan fingerprint density at radius 2 is 2.19 bits per heavy atom. The van der Waals surface area contributed by atoms with Gasteiger partial charge >= 0.3 is 0 Å². The molecule has 0 spiro atoms. The molecular weight excluding hydrogens is 264 g/mol. The molecule has 0 amide bonds. The van der Waals surface area contributed by atoms with Crippen molar-refractivity contribution in [3.63, 3.8) is 0 Å². The Kier molecular flexibility index (Phi) is 3.61. The Morgan fingerprint density at radius 3 is 2.81 bits per heavy atom. The molecule has 2 aromatic heterocycles. The molecule has 0 radical (unpaired) electrons. The molecule has 1 N–H and O–H groups in total. The first kappa shape index (κ1) is 13.6. The summed E-state index contributed by atoms with van der Waals surface area (Å²) >= 11 is 0. The van der Waals surface area contributed by atoms with Crippen molar-refractivity contribution in [1.29, 1.82) is 5.26 Å². The van der Waals surface area contributed by atoms with E-state index in [9.17, 15) is 0 Å². The van der Waals surface area contributed by atoms with Crippen LogP contribution in [0.5, 0.6) is 5.88 Å². The molecule has 1 saturated carbocycles. The van der Waals surface area contributed by atoms with Crippen molar-refractivity contribution in [3.05, 3.63) is 24.0 Å². The molecule has 108 valence electrons. The largest absolute Gasteiger partial charge is 0.474 e. The Balaban J connectivity index is 2.02. The molecule has 2 heterocycles. The zero-order chi connectivity index (χ0) is 14.8. The predicted octanol–water partition coefficient (Wildman–Crippen LogP) is 3.25. The molecule has 1 aliphatic carbocycles. The van der Waals surface area contributed by atoms with Crippen molar-refractivity contribution in [2.75, 3.05) is 5.32 Å². The Labute approximate surface area is 124 Å². The van der Waals surface area contributed by atoms with Crippen LogP contribution in [-0.4, -0.2) is 22.1 Å². The number of anilines is 1. The van der Waals surface area contributed by atoms with E-state index < -0.39 is 0 Å². The van der Waals surface area contributed by atoms with Gasteiger partial charge in [0, 0.05) is 23.0 Å². The lowest BCUT2D eigenvalue weighted by atomic mass is 9.93. The highest BCUT2D eigenvalue weighted by Crippen LogP contribution is 2.29. The summed E-state index contributed by atoms with van der Waals surface area (Å²) in [6.45, 7) is 3.89. The number of aromatic nitrogens is 2. The monoisotopic (exact) mass is 282 g/mol. The average Bonchev–Trinajstić information content (AvgIpc) is 2.42. The van der Waals surface area contributed by atoms with E-state index in [1.807, 2.05) is 19.9 Å². The number of hydrogen-bond acceptors (Lipinski definition) is 5. The number of nitrogens with zero attached hydrogens (tertiary/aromatic N) is 3. The van der Waals surface area contributed by atoms with E-state index in [1.54, 1.807) is 12.3 Å². The summed E-state index contributed by atoms with van der Waals surface area (Å²) in [5.41, 5.74) is 0.347. The standard InChI is InChI=1S/C16H18N4O/c1-10(2)21-16-14-7-15(19-12-4-3-5-12)18-9-11(14)6-13(8-17)20-16/h6-7,9-10,12H,3-5H2,1-2H3,(H,18,19). The number of nitriles is 1. The van der Waals surface area contributed by atoms with Gasteiger partial charge in [0.1, 0.15) is 17.6 Å². The van der Waals surface area contributed by atoms with Gasteiger partial charge in [-0.15, -0.1) is 0 Å². The molecule has 0 aliphatic heterocycles. The summed E-state index contributed by atoms with van der Waals surface area (Å²) in [4.78, 5) is 8.70. The van der Waals surface area contributed by atoms with Crippen LogP contribution in [0.3, 0.4) is 0 Å². The third-order valence-corrected chi connectivity index (χ3v) is 3.60. The van der Waals surface area contributed by atoms with E-state index in [4.69, 9.17) is 10.00 Å². The van der Waals surface area contributed by atoms with Crippen LogP contribution in [0.15, 0.2) is 18.3 Å². The van der Waals surface area contributed by atoms with Crippen molar-refractivity contribution < 1.29 is 4.74 Å². The van der Waals surface area contributed by atoms with Gasteiger partial charge in [-0.3, -0.25) is 0 Å². The minimum atomic E-state index is 0.00542. The van der Waals surface area contributed by atoms with Gasteiger partial charge in [-0.2, -0.15) is 5.26 Å². The van der Waals surface area contributed by atoms with Crippen LogP contribution in [0.25, 0.3) is 10.8 Å². The molecule has 5 nitrogen and oxygen atoms in total. The molecule has 21 heavy (non-hydrogen) atoms. The van der Waals surface area contributed by atoms with E-state index in [0.29, 0.717) is 17.6 Å². The van der Waals surface area contributed by atoms with Gasteiger partial charge in [0.25, 0.3) is 0 Å². The summed E-state index contributed by atoms with van der Waals surface area (Å²) in [6.07, 6.45) is 5.44. The van der Waals surface area contributed by atoms with Gasteiger partial charge in [0.2, 0.25) is 5.88 Å². The number of pyridine rings is 2. The maximum Gasteiger partial charge on any atom is 0.223 e. The van der Waals surface area contributed by atoms with Crippen molar-refractivity contribution in [3.8, 4) is 11.9 Å². The second-order valence-electron chi connectivity index (χ2n) is 5.65. The number of hydrogen-bond donors (Lipinski definition) is 1. The van der Waals surface area contributed by atoms with E-state index >= 15 is 0 Å². The summed E-state index contributed by atoms with van der Waals surface area (Å²) in [5, 5.41) is 14.2. The highest BCUT2D eigenvalue weighted by Gasteiger charge is 2.18. The third kappa shape index (κ3) is 2.89. The molecule has 0 saturated heterocycles. The van der Waals surface area contributed by atoms with Crippen LogP contribution in [0.4, 0.5) is 5.82 Å². The van der Waals surface area contributed by atoms with Crippen molar-refractivity contribution in [1.82, 2.24) is 9.97 Å². The first-order chi connectivity index (χ1) is 10.2. The molecular formula is C16H18N4O. The lowest BCUT2D eigenvalue weighted by molar-refractivity contribution is 0.236. The van der Waals surface area contributed by atoms with Crippen LogP contribution in [0.2, 0.25) is 0 Å². The van der Waals surface area contributed by atoms with Gasteiger partial charge < -0.3 is 10.1 Å². The number of rotatable bonds is 4. The first-order valence-electron chi connectivity index (χ1n) is 7.30. The molecule has 1 fully saturated rings. The summed E-state index contributed by atoms with van der Waals surface area (Å²) in [7, 11) is 0. The van der Waals surface area contributed by atoms with Gasteiger partial charge in [0.05, 0.1) is 6.10 Å². The summed E-state index contributed by atoms with van der Waals surface area (Å²) in [6, 6.07) is 6.28. The fraction of sp³-hybridized carbons (Fsp3) is 0.438. The molecule has 0 bridgehead atoms. The fourth-order valence-corrected chi connectivity index (χ4v) is 2.33. The molecule has 1 aliphatic rings. The smallest absolute Gasteiger partial charge is 0.223 e. The fourth-order valence-electron chi connectivity index (χ4n) is 2.33. The first-order valence-corrected chi connectivity index (χ1v) is 7.30. The molecule has 0 unspecified atom stereocenters. The molecule has 0 atom stereocenters. The van der Waals surface area contributed by atoms with Gasteiger partial charge in [0.15, 0.2) is 0 Å².